The number of anilines is 1. The molecule has 0 unspecified atom stereocenters. The van der Waals surface area contributed by atoms with Gasteiger partial charge in [0.1, 0.15) is 5.75 Å². The number of hydrogen-bond donors (Lipinski definition) is 2. The van der Waals surface area contributed by atoms with Gasteiger partial charge in [-0.05, 0) is 65.5 Å². The SMILES string of the molecule is CCCCOc1cccc(NC(=S)NC(=O)c2ccccc2I)c1. The van der Waals surface area contributed by atoms with Crippen molar-refractivity contribution in [3.63, 3.8) is 0 Å². The predicted octanol–water partition coefficient (Wildman–Crippen LogP) is 4.60. The summed E-state index contributed by atoms with van der Waals surface area (Å²) in [4.78, 5) is 12.2. The van der Waals surface area contributed by atoms with Crippen molar-refractivity contribution in [3.8, 4) is 5.75 Å². The van der Waals surface area contributed by atoms with Gasteiger partial charge in [0.25, 0.3) is 5.91 Å². The average Bonchev–Trinajstić information content (AvgIpc) is 2.55. The lowest BCUT2D eigenvalue weighted by Gasteiger charge is -2.12. The van der Waals surface area contributed by atoms with Crippen molar-refractivity contribution in [2.45, 2.75) is 19.8 Å². The second kappa shape index (κ2) is 9.58. The molecule has 2 aromatic rings. The first-order valence-electron chi connectivity index (χ1n) is 7.70. The number of rotatable bonds is 6. The van der Waals surface area contributed by atoms with Gasteiger partial charge in [0.2, 0.25) is 0 Å². The summed E-state index contributed by atoms with van der Waals surface area (Å²) in [6.45, 7) is 2.81. The summed E-state index contributed by atoms with van der Waals surface area (Å²) in [5.74, 6) is 0.549. The van der Waals surface area contributed by atoms with Crippen LogP contribution in [0.1, 0.15) is 30.1 Å². The fraction of sp³-hybridized carbons (Fsp3) is 0.222. The molecule has 0 fully saturated rings. The van der Waals surface area contributed by atoms with Gasteiger partial charge in [-0.15, -0.1) is 0 Å². The Morgan fingerprint density at radius 1 is 1.21 bits per heavy atom. The number of carbonyl (C=O) groups is 1. The fourth-order valence-corrected chi connectivity index (χ4v) is 2.82. The molecule has 2 N–H and O–H groups in total. The maximum atomic E-state index is 12.2. The Morgan fingerprint density at radius 3 is 2.75 bits per heavy atom. The predicted molar refractivity (Wildman–Crippen MR) is 110 cm³/mol. The maximum absolute atomic E-state index is 12.2. The Morgan fingerprint density at radius 2 is 2.00 bits per heavy atom. The number of benzene rings is 2. The van der Waals surface area contributed by atoms with Gasteiger partial charge in [-0.2, -0.15) is 0 Å². The van der Waals surface area contributed by atoms with Gasteiger partial charge >= 0.3 is 0 Å². The summed E-state index contributed by atoms with van der Waals surface area (Å²) in [7, 11) is 0. The molecule has 4 nitrogen and oxygen atoms in total. The van der Waals surface area contributed by atoms with Crippen LogP contribution in [0.3, 0.4) is 0 Å². The van der Waals surface area contributed by atoms with Crippen LogP contribution in [0.5, 0.6) is 5.75 Å². The maximum Gasteiger partial charge on any atom is 0.258 e. The minimum Gasteiger partial charge on any atom is -0.494 e. The van der Waals surface area contributed by atoms with Gasteiger partial charge in [0.15, 0.2) is 5.11 Å². The summed E-state index contributed by atoms with van der Waals surface area (Å²) in [5, 5.41) is 5.96. The lowest BCUT2D eigenvalue weighted by atomic mass is 10.2. The summed E-state index contributed by atoms with van der Waals surface area (Å²) in [6.07, 6.45) is 2.11. The van der Waals surface area contributed by atoms with E-state index in [4.69, 9.17) is 17.0 Å². The molecule has 6 heteroatoms. The third-order valence-corrected chi connectivity index (χ3v) is 4.35. The fourth-order valence-electron chi connectivity index (χ4n) is 1.98. The monoisotopic (exact) mass is 454 g/mol. The molecule has 24 heavy (non-hydrogen) atoms. The molecule has 0 saturated carbocycles. The summed E-state index contributed by atoms with van der Waals surface area (Å²) < 4.78 is 6.54. The summed E-state index contributed by atoms with van der Waals surface area (Å²) >= 11 is 7.34. The number of nitrogens with one attached hydrogen (secondary N) is 2. The molecule has 2 rings (SSSR count). The number of ether oxygens (including phenoxy) is 1. The molecule has 126 valence electrons. The van der Waals surface area contributed by atoms with E-state index in [1.165, 1.54) is 0 Å². The van der Waals surface area contributed by atoms with Crippen LogP contribution in [-0.2, 0) is 0 Å². The van der Waals surface area contributed by atoms with Gasteiger partial charge in [-0.1, -0.05) is 31.5 Å². The van der Waals surface area contributed by atoms with Crippen LogP contribution in [-0.4, -0.2) is 17.6 Å². The number of thiocarbonyl (C=S) groups is 1. The molecular weight excluding hydrogens is 435 g/mol. The molecule has 0 aliphatic heterocycles. The Hall–Kier alpha value is -1.67. The molecule has 0 radical (unpaired) electrons. The Bertz CT molecular complexity index is 722. The third-order valence-electron chi connectivity index (χ3n) is 3.20. The molecule has 0 aliphatic rings. The molecule has 0 bridgehead atoms. The molecular formula is C18H19IN2O2S. The zero-order valence-electron chi connectivity index (χ0n) is 13.3. The van der Waals surface area contributed by atoms with Crippen LogP contribution in [0.4, 0.5) is 5.69 Å². The van der Waals surface area contributed by atoms with Crippen LogP contribution < -0.4 is 15.4 Å². The van der Waals surface area contributed by atoms with E-state index >= 15 is 0 Å². The molecule has 0 atom stereocenters. The Labute approximate surface area is 161 Å². The number of amides is 1. The van der Waals surface area contributed by atoms with E-state index < -0.39 is 0 Å². The molecule has 0 saturated heterocycles. The van der Waals surface area contributed by atoms with E-state index in [1.54, 1.807) is 6.07 Å². The summed E-state index contributed by atoms with van der Waals surface area (Å²) in [5.41, 5.74) is 1.37. The van der Waals surface area contributed by atoms with Crippen LogP contribution in [0, 0.1) is 3.57 Å². The van der Waals surface area contributed by atoms with Crippen molar-refractivity contribution < 1.29 is 9.53 Å². The molecule has 2 aromatic carbocycles. The first-order chi connectivity index (χ1) is 11.6. The van der Waals surface area contributed by atoms with Crippen molar-refractivity contribution in [1.82, 2.24) is 5.32 Å². The third kappa shape index (κ3) is 5.76. The Balaban J connectivity index is 1.93. The van der Waals surface area contributed by atoms with E-state index in [2.05, 4.69) is 40.1 Å². The lowest BCUT2D eigenvalue weighted by Crippen LogP contribution is -2.34. The minimum atomic E-state index is -0.229. The molecule has 0 aromatic heterocycles. The second-order valence-corrected chi connectivity index (χ2v) is 6.69. The molecule has 0 spiro atoms. The van der Waals surface area contributed by atoms with E-state index in [-0.39, 0.29) is 11.0 Å². The van der Waals surface area contributed by atoms with Crippen molar-refractivity contribution in [3.05, 3.63) is 57.7 Å². The van der Waals surface area contributed by atoms with Crippen molar-refractivity contribution in [1.29, 1.82) is 0 Å². The largest absolute Gasteiger partial charge is 0.494 e. The van der Waals surface area contributed by atoms with Crippen molar-refractivity contribution in [2.75, 3.05) is 11.9 Å². The van der Waals surface area contributed by atoms with Crippen LogP contribution in [0.15, 0.2) is 48.5 Å². The van der Waals surface area contributed by atoms with E-state index in [1.807, 2.05) is 42.5 Å². The zero-order valence-corrected chi connectivity index (χ0v) is 16.3. The first-order valence-corrected chi connectivity index (χ1v) is 9.18. The highest BCUT2D eigenvalue weighted by Crippen LogP contribution is 2.18. The van der Waals surface area contributed by atoms with Crippen molar-refractivity contribution >= 4 is 51.5 Å². The Kier molecular flexibility index (Phi) is 7.45. The van der Waals surface area contributed by atoms with Gasteiger partial charge in [0, 0.05) is 15.3 Å². The second-order valence-electron chi connectivity index (χ2n) is 5.12. The number of hydrogen-bond acceptors (Lipinski definition) is 3. The summed E-state index contributed by atoms with van der Waals surface area (Å²) in [6, 6.07) is 14.9. The number of carbonyl (C=O) groups excluding carboxylic acids is 1. The number of halogens is 1. The average molecular weight is 454 g/mol. The zero-order chi connectivity index (χ0) is 17.4. The van der Waals surface area contributed by atoms with Gasteiger partial charge < -0.3 is 10.1 Å². The normalized spacial score (nSPS) is 10.1. The smallest absolute Gasteiger partial charge is 0.258 e. The highest BCUT2D eigenvalue weighted by atomic mass is 127. The number of unbranched alkanes of at least 4 members (excludes halogenated alkanes) is 1. The van der Waals surface area contributed by atoms with Gasteiger partial charge in [-0.3, -0.25) is 10.1 Å². The van der Waals surface area contributed by atoms with Crippen molar-refractivity contribution in [2.24, 2.45) is 0 Å². The lowest BCUT2D eigenvalue weighted by molar-refractivity contribution is 0.0977. The highest BCUT2D eigenvalue weighted by molar-refractivity contribution is 14.1. The highest BCUT2D eigenvalue weighted by Gasteiger charge is 2.11. The first kappa shape index (κ1) is 18.7. The van der Waals surface area contributed by atoms with Crippen LogP contribution >= 0.6 is 34.8 Å². The van der Waals surface area contributed by atoms with E-state index in [0.29, 0.717) is 12.2 Å². The van der Waals surface area contributed by atoms with Crippen LogP contribution in [0.2, 0.25) is 0 Å². The standard InChI is InChI=1S/C18H19IN2O2S/c1-2-3-11-23-14-8-6-7-13(12-14)20-18(24)21-17(22)15-9-4-5-10-16(15)19/h4-10,12H,2-3,11H2,1H3,(H2,20,21,22,24). The molecule has 0 aliphatic carbocycles. The van der Waals surface area contributed by atoms with Gasteiger partial charge in [0.05, 0.1) is 12.2 Å². The van der Waals surface area contributed by atoms with Gasteiger partial charge in [-0.25, -0.2) is 0 Å². The molecule has 0 heterocycles. The van der Waals surface area contributed by atoms with E-state index in [0.717, 1.165) is 27.8 Å². The topological polar surface area (TPSA) is 50.4 Å². The minimum absolute atomic E-state index is 0.229. The van der Waals surface area contributed by atoms with Crippen LogP contribution in [0.25, 0.3) is 0 Å². The molecule has 1 amide bonds. The quantitative estimate of drug-likeness (QED) is 0.381. The van der Waals surface area contributed by atoms with E-state index in [9.17, 15) is 4.79 Å².